The van der Waals surface area contributed by atoms with Gasteiger partial charge in [-0.25, -0.2) is 0 Å². The average Bonchev–Trinajstić information content (AvgIpc) is 1.88. The van der Waals surface area contributed by atoms with Crippen LogP contribution in [0.3, 0.4) is 0 Å². The Hall–Kier alpha value is -0.305. The summed E-state index contributed by atoms with van der Waals surface area (Å²) in [6, 6.07) is 6.81. The molecule has 0 nitrogen and oxygen atoms in total. The highest BCUT2D eigenvalue weighted by Gasteiger charge is 1.99. The van der Waals surface area contributed by atoms with Crippen molar-refractivity contribution in [2.45, 2.75) is 6.07 Å². The third kappa shape index (κ3) is 1.84. The minimum absolute atomic E-state index is 0.503. The fraction of sp³-hybridized carbons (Fsp3) is 0.143. The maximum Gasteiger partial charge on any atom is 0.123 e. The molecular weight excluding hydrogens is 194 g/mol. The predicted octanol–water partition coefficient (Wildman–Crippen LogP) is 2.59. The maximum absolute atomic E-state index is 12.3. The van der Waals surface area contributed by atoms with Crippen LogP contribution >= 0.6 is 15.9 Å². The number of alkyl halides is 1. The molecule has 0 aliphatic heterocycles. The van der Waals surface area contributed by atoms with Crippen LogP contribution in [0.25, 0.3) is 0 Å². The van der Waals surface area contributed by atoms with Gasteiger partial charge in [0.2, 0.25) is 0 Å². The average molecular weight is 199 g/mol. The molecule has 0 aromatic heterocycles. The molecule has 50 valence electrons. The number of hydrogen-bond donors (Lipinski definition) is 0. The van der Waals surface area contributed by atoms with Crippen molar-refractivity contribution in [2.75, 3.05) is 0 Å². The molecule has 0 fully saturated rings. The highest BCUT2D eigenvalue weighted by atomic mass is 79.9. The number of hydrogen-bond acceptors (Lipinski definition) is 0. The second-order valence-electron chi connectivity index (χ2n) is 1.95. The van der Waals surface area contributed by atoms with Crippen molar-refractivity contribution in [1.29, 1.82) is 0 Å². The monoisotopic (exact) mass is 198 g/mol. The zero-order valence-electron chi connectivity index (χ0n) is 5.22. The van der Waals surface area contributed by atoms with Crippen molar-refractivity contribution in [2.24, 2.45) is 0 Å². The first-order valence-electron chi connectivity index (χ1n) is 2.85. The number of rotatable bonds is 1. The third-order valence-corrected chi connectivity index (χ3v) is 1.72. The van der Waals surface area contributed by atoms with Crippen molar-refractivity contribution < 1.29 is 4.39 Å². The summed E-state index contributed by atoms with van der Waals surface area (Å²) in [6.45, 7) is 0. The van der Waals surface area contributed by atoms with Crippen LogP contribution < -0.4 is 0 Å². The van der Waals surface area contributed by atoms with Crippen LogP contribution in [-0.4, -0.2) is 7.85 Å². The molecule has 1 atom stereocenters. The molecule has 0 amide bonds. The Kier molecular flexibility index (Phi) is 2.49. The van der Waals surface area contributed by atoms with Crippen LogP contribution in [0.5, 0.6) is 0 Å². The van der Waals surface area contributed by atoms with E-state index < -0.39 is 6.07 Å². The van der Waals surface area contributed by atoms with Gasteiger partial charge < -0.3 is 0 Å². The normalized spacial score (nSPS) is 13.0. The van der Waals surface area contributed by atoms with E-state index in [4.69, 9.17) is 7.85 Å². The summed E-state index contributed by atoms with van der Waals surface area (Å²) in [6.07, 6.45) is -1.37. The topological polar surface area (TPSA) is 0 Å². The Morgan fingerprint density at radius 2 is 1.80 bits per heavy atom. The zero-order valence-corrected chi connectivity index (χ0v) is 6.81. The fourth-order valence-corrected chi connectivity index (χ4v) is 0.911. The summed E-state index contributed by atoms with van der Waals surface area (Å²) in [7, 11) is 4.98. The van der Waals surface area contributed by atoms with Crippen LogP contribution in [0.15, 0.2) is 28.7 Å². The molecule has 0 bridgehead atoms. The summed E-state index contributed by atoms with van der Waals surface area (Å²) in [5.41, 5.74) is 0.503. The molecule has 0 saturated heterocycles. The Morgan fingerprint density at radius 3 is 2.20 bits per heavy atom. The lowest BCUT2D eigenvalue weighted by Crippen LogP contribution is -1.87. The molecule has 10 heavy (non-hydrogen) atoms. The van der Waals surface area contributed by atoms with E-state index in [1.807, 2.05) is 0 Å². The second-order valence-corrected chi connectivity index (χ2v) is 2.87. The molecule has 1 rings (SSSR count). The summed E-state index contributed by atoms with van der Waals surface area (Å²) in [5, 5.41) is 0. The van der Waals surface area contributed by atoms with E-state index in [0.717, 1.165) is 4.47 Å². The first-order valence-corrected chi connectivity index (χ1v) is 3.64. The van der Waals surface area contributed by atoms with Gasteiger partial charge >= 0.3 is 0 Å². The minimum atomic E-state index is -1.37. The number of benzene rings is 1. The Labute approximate surface area is 69.0 Å². The minimum Gasteiger partial charge on any atom is -0.253 e. The van der Waals surface area contributed by atoms with Crippen molar-refractivity contribution >= 4 is 23.8 Å². The highest BCUT2D eigenvalue weighted by Crippen LogP contribution is 2.16. The lowest BCUT2D eigenvalue weighted by Gasteiger charge is -2.00. The van der Waals surface area contributed by atoms with Crippen molar-refractivity contribution in [3.8, 4) is 0 Å². The van der Waals surface area contributed by atoms with Crippen molar-refractivity contribution in [1.82, 2.24) is 0 Å². The molecule has 1 aromatic rings. The van der Waals surface area contributed by atoms with E-state index in [-0.39, 0.29) is 0 Å². The van der Waals surface area contributed by atoms with Gasteiger partial charge in [-0.3, -0.25) is 4.39 Å². The largest absolute Gasteiger partial charge is 0.253 e. The van der Waals surface area contributed by atoms with E-state index in [9.17, 15) is 4.39 Å². The standard InChI is InChI=1S/C7H5BBrF/c8-7(10)5-1-3-6(9)4-2-5/h1-4,7H. The van der Waals surface area contributed by atoms with Crippen molar-refractivity contribution in [3.05, 3.63) is 34.3 Å². The molecule has 0 N–H and O–H groups in total. The fourth-order valence-electron chi connectivity index (χ4n) is 0.647. The third-order valence-electron chi connectivity index (χ3n) is 1.19. The Balaban J connectivity index is 2.89. The maximum atomic E-state index is 12.3. The second kappa shape index (κ2) is 3.19. The lowest BCUT2D eigenvalue weighted by atomic mass is 9.94. The van der Waals surface area contributed by atoms with E-state index in [1.54, 1.807) is 24.3 Å². The molecule has 0 heterocycles. The molecule has 1 unspecified atom stereocenters. The number of halogens is 2. The van der Waals surface area contributed by atoms with Gasteiger partial charge in [-0.1, -0.05) is 28.1 Å². The predicted molar refractivity (Wildman–Crippen MR) is 43.7 cm³/mol. The van der Waals surface area contributed by atoms with Gasteiger partial charge in [0.25, 0.3) is 0 Å². The van der Waals surface area contributed by atoms with E-state index in [1.165, 1.54) is 0 Å². The Bertz CT molecular complexity index is 207. The lowest BCUT2D eigenvalue weighted by molar-refractivity contribution is 0.459. The van der Waals surface area contributed by atoms with Crippen LogP contribution in [0, 0.1) is 0 Å². The van der Waals surface area contributed by atoms with Crippen LogP contribution in [0.2, 0.25) is 0 Å². The van der Waals surface area contributed by atoms with E-state index >= 15 is 0 Å². The molecule has 3 heteroatoms. The molecule has 0 aliphatic rings. The summed E-state index contributed by atoms with van der Waals surface area (Å²) < 4.78 is 13.3. The highest BCUT2D eigenvalue weighted by molar-refractivity contribution is 9.10. The quantitative estimate of drug-likeness (QED) is 0.609. The summed E-state index contributed by atoms with van der Waals surface area (Å²) in [4.78, 5) is 0. The first kappa shape index (κ1) is 7.80. The summed E-state index contributed by atoms with van der Waals surface area (Å²) >= 11 is 3.23. The van der Waals surface area contributed by atoms with Gasteiger partial charge in [0.15, 0.2) is 0 Å². The zero-order chi connectivity index (χ0) is 7.56. The van der Waals surface area contributed by atoms with Crippen LogP contribution in [0.1, 0.15) is 11.6 Å². The van der Waals surface area contributed by atoms with Gasteiger partial charge in [0.1, 0.15) is 7.85 Å². The van der Waals surface area contributed by atoms with Gasteiger partial charge in [0, 0.05) is 4.47 Å². The SMILES string of the molecule is [B]C(F)c1ccc(Br)cc1. The van der Waals surface area contributed by atoms with Crippen LogP contribution in [0.4, 0.5) is 4.39 Å². The molecular formula is C7H5BBrF. The molecule has 0 aliphatic carbocycles. The Morgan fingerprint density at radius 1 is 1.30 bits per heavy atom. The van der Waals surface area contributed by atoms with Crippen molar-refractivity contribution in [3.63, 3.8) is 0 Å². The molecule has 0 saturated carbocycles. The van der Waals surface area contributed by atoms with E-state index in [0.29, 0.717) is 5.56 Å². The molecule has 1 aromatic carbocycles. The van der Waals surface area contributed by atoms with Gasteiger partial charge in [0.05, 0.1) is 6.07 Å². The molecule has 2 radical (unpaired) electrons. The molecule has 0 spiro atoms. The van der Waals surface area contributed by atoms with E-state index in [2.05, 4.69) is 15.9 Å². The first-order chi connectivity index (χ1) is 4.70. The summed E-state index contributed by atoms with van der Waals surface area (Å²) in [5.74, 6) is 0. The smallest absolute Gasteiger partial charge is 0.123 e. The van der Waals surface area contributed by atoms with Gasteiger partial charge in [-0.05, 0) is 17.7 Å². The van der Waals surface area contributed by atoms with Gasteiger partial charge in [-0.2, -0.15) is 0 Å². The van der Waals surface area contributed by atoms with Crippen LogP contribution in [-0.2, 0) is 0 Å². The van der Waals surface area contributed by atoms with Gasteiger partial charge in [-0.15, -0.1) is 0 Å².